The van der Waals surface area contributed by atoms with E-state index in [1.165, 1.54) is 0 Å². The number of hydrogen-bond acceptors (Lipinski definition) is 4. The maximum absolute atomic E-state index is 11.8. The van der Waals surface area contributed by atoms with Gasteiger partial charge in [-0.1, -0.05) is 36.4 Å². The second-order valence-corrected chi connectivity index (χ2v) is 6.21. The van der Waals surface area contributed by atoms with E-state index in [1.54, 1.807) is 6.20 Å². The van der Waals surface area contributed by atoms with Crippen molar-refractivity contribution in [2.24, 2.45) is 0 Å². The fourth-order valence-corrected chi connectivity index (χ4v) is 2.87. The average molecular weight is 325 g/mol. The molecule has 1 aromatic carbocycles. The van der Waals surface area contributed by atoms with Crippen LogP contribution in [0.5, 0.6) is 0 Å². The number of pyridine rings is 1. The van der Waals surface area contributed by atoms with Crippen LogP contribution >= 0.6 is 0 Å². The second kappa shape index (κ2) is 7.93. The van der Waals surface area contributed by atoms with Gasteiger partial charge in [0.25, 0.3) is 0 Å². The van der Waals surface area contributed by atoms with E-state index >= 15 is 0 Å². The fourth-order valence-electron chi connectivity index (χ4n) is 2.87. The number of carbonyl (C=O) groups is 1. The Labute approximate surface area is 142 Å². The monoisotopic (exact) mass is 325 g/mol. The van der Waals surface area contributed by atoms with Crippen molar-refractivity contribution >= 4 is 6.09 Å². The van der Waals surface area contributed by atoms with Crippen LogP contribution in [0.25, 0.3) is 0 Å². The number of nitrogens with zero attached hydrogens (tertiary/aromatic N) is 1. The van der Waals surface area contributed by atoms with Crippen molar-refractivity contribution in [3.05, 3.63) is 66.0 Å². The van der Waals surface area contributed by atoms with Crippen molar-refractivity contribution in [3.63, 3.8) is 0 Å². The third-order valence-corrected chi connectivity index (χ3v) is 4.29. The smallest absolute Gasteiger partial charge is 0.407 e. The van der Waals surface area contributed by atoms with Crippen LogP contribution in [0.15, 0.2) is 54.7 Å². The van der Waals surface area contributed by atoms with Gasteiger partial charge in [-0.05, 0) is 37.5 Å². The van der Waals surface area contributed by atoms with Crippen LogP contribution in [0.1, 0.15) is 37.1 Å². The molecule has 1 aliphatic carbocycles. The lowest BCUT2D eigenvalue weighted by Gasteiger charge is -2.37. The van der Waals surface area contributed by atoms with Gasteiger partial charge in [-0.15, -0.1) is 0 Å². The van der Waals surface area contributed by atoms with Gasteiger partial charge in [0.1, 0.15) is 6.61 Å². The Balaban J connectivity index is 1.34. The van der Waals surface area contributed by atoms with Crippen LogP contribution in [0.4, 0.5) is 4.79 Å². The Kier molecular flexibility index (Phi) is 5.43. The molecule has 1 saturated carbocycles. The summed E-state index contributed by atoms with van der Waals surface area (Å²) < 4.78 is 5.24. The largest absolute Gasteiger partial charge is 0.445 e. The first-order valence-corrected chi connectivity index (χ1v) is 8.35. The number of rotatable bonds is 6. The Morgan fingerprint density at radius 3 is 2.62 bits per heavy atom. The maximum Gasteiger partial charge on any atom is 0.407 e. The van der Waals surface area contributed by atoms with Crippen LogP contribution in [0.3, 0.4) is 0 Å². The summed E-state index contributed by atoms with van der Waals surface area (Å²) in [6.45, 7) is 2.41. The number of nitrogens with one attached hydrogen (secondary N) is 2. The van der Waals surface area contributed by atoms with Gasteiger partial charge in [0.2, 0.25) is 0 Å². The number of aromatic nitrogens is 1. The van der Waals surface area contributed by atoms with Crippen molar-refractivity contribution in [1.29, 1.82) is 0 Å². The SMILES string of the molecule is C[C@@H](NC1CC(NC(=O)OCc2ccccc2)C1)c1ccccn1. The van der Waals surface area contributed by atoms with Gasteiger partial charge in [-0.2, -0.15) is 0 Å². The number of benzene rings is 1. The third-order valence-electron chi connectivity index (χ3n) is 4.29. The molecule has 0 radical (unpaired) electrons. The van der Waals surface area contributed by atoms with E-state index in [0.29, 0.717) is 12.6 Å². The summed E-state index contributed by atoms with van der Waals surface area (Å²) in [7, 11) is 0. The van der Waals surface area contributed by atoms with E-state index in [2.05, 4.69) is 22.5 Å². The normalized spacial score (nSPS) is 20.7. The van der Waals surface area contributed by atoms with Gasteiger partial charge in [0.05, 0.1) is 5.69 Å². The molecule has 5 heteroatoms. The molecule has 0 unspecified atom stereocenters. The van der Waals surface area contributed by atoms with E-state index in [0.717, 1.165) is 24.1 Å². The average Bonchev–Trinajstić information content (AvgIpc) is 2.59. The van der Waals surface area contributed by atoms with Gasteiger partial charge >= 0.3 is 6.09 Å². The second-order valence-electron chi connectivity index (χ2n) is 6.21. The molecule has 1 amide bonds. The lowest BCUT2D eigenvalue weighted by Crippen LogP contribution is -2.52. The van der Waals surface area contributed by atoms with Gasteiger partial charge < -0.3 is 15.4 Å². The lowest BCUT2D eigenvalue weighted by atomic mass is 9.86. The molecule has 126 valence electrons. The van der Waals surface area contributed by atoms with Gasteiger partial charge in [0, 0.05) is 24.3 Å². The highest BCUT2D eigenvalue weighted by Gasteiger charge is 2.31. The minimum Gasteiger partial charge on any atom is -0.445 e. The summed E-state index contributed by atoms with van der Waals surface area (Å²) in [6.07, 6.45) is 3.29. The van der Waals surface area contributed by atoms with Crippen molar-refractivity contribution in [2.75, 3.05) is 0 Å². The Morgan fingerprint density at radius 2 is 1.92 bits per heavy atom. The maximum atomic E-state index is 11.8. The highest BCUT2D eigenvalue weighted by atomic mass is 16.5. The molecule has 1 fully saturated rings. The fraction of sp³-hybridized carbons (Fsp3) is 0.368. The zero-order chi connectivity index (χ0) is 16.8. The van der Waals surface area contributed by atoms with Crippen molar-refractivity contribution < 1.29 is 9.53 Å². The molecule has 2 aromatic rings. The molecule has 0 bridgehead atoms. The predicted molar refractivity (Wildman–Crippen MR) is 92.4 cm³/mol. The Hall–Kier alpha value is -2.40. The van der Waals surface area contributed by atoms with E-state index < -0.39 is 0 Å². The molecule has 1 aromatic heterocycles. The lowest BCUT2D eigenvalue weighted by molar-refractivity contribution is 0.124. The van der Waals surface area contributed by atoms with Crippen LogP contribution < -0.4 is 10.6 Å². The molecule has 0 aliphatic heterocycles. The third kappa shape index (κ3) is 4.55. The van der Waals surface area contributed by atoms with Crippen molar-refractivity contribution in [2.45, 2.75) is 44.5 Å². The standard InChI is InChI=1S/C19H23N3O2/c1-14(18-9-5-6-10-20-18)21-16-11-17(12-16)22-19(23)24-13-15-7-3-2-4-8-15/h2-10,14,16-17,21H,11-13H2,1H3,(H,22,23)/t14-,16?,17?/m1/s1. The van der Waals surface area contributed by atoms with E-state index in [1.807, 2.05) is 48.5 Å². The van der Waals surface area contributed by atoms with Crippen molar-refractivity contribution in [3.8, 4) is 0 Å². The topological polar surface area (TPSA) is 63.2 Å². The molecule has 1 atom stereocenters. The molecule has 1 heterocycles. The molecular formula is C19H23N3O2. The van der Waals surface area contributed by atoms with Crippen LogP contribution in [-0.2, 0) is 11.3 Å². The minimum absolute atomic E-state index is 0.182. The van der Waals surface area contributed by atoms with Gasteiger partial charge in [0.15, 0.2) is 0 Å². The zero-order valence-electron chi connectivity index (χ0n) is 13.8. The summed E-state index contributed by atoms with van der Waals surface area (Å²) in [5, 5.41) is 6.45. The Bertz CT molecular complexity index is 642. The minimum atomic E-state index is -0.347. The summed E-state index contributed by atoms with van der Waals surface area (Å²) >= 11 is 0. The Morgan fingerprint density at radius 1 is 1.17 bits per heavy atom. The molecule has 3 rings (SSSR count). The molecule has 1 aliphatic rings. The highest BCUT2D eigenvalue weighted by molar-refractivity contribution is 5.67. The molecule has 2 N–H and O–H groups in total. The number of amides is 1. The van der Waals surface area contributed by atoms with E-state index in [9.17, 15) is 4.79 Å². The van der Waals surface area contributed by atoms with Gasteiger partial charge in [-0.3, -0.25) is 4.98 Å². The summed E-state index contributed by atoms with van der Waals surface area (Å²) in [5.41, 5.74) is 2.03. The first-order valence-electron chi connectivity index (χ1n) is 8.35. The van der Waals surface area contributed by atoms with E-state index in [-0.39, 0.29) is 18.2 Å². The first kappa shape index (κ1) is 16.5. The molecule has 5 nitrogen and oxygen atoms in total. The van der Waals surface area contributed by atoms with Gasteiger partial charge in [-0.25, -0.2) is 4.79 Å². The highest BCUT2D eigenvalue weighted by Crippen LogP contribution is 2.23. The molecule has 24 heavy (non-hydrogen) atoms. The summed E-state index contributed by atoms with van der Waals surface area (Å²) in [5.74, 6) is 0. The van der Waals surface area contributed by atoms with E-state index in [4.69, 9.17) is 4.74 Å². The first-order chi connectivity index (χ1) is 11.7. The molecular weight excluding hydrogens is 302 g/mol. The van der Waals surface area contributed by atoms with Crippen LogP contribution in [-0.4, -0.2) is 23.2 Å². The van der Waals surface area contributed by atoms with Crippen molar-refractivity contribution in [1.82, 2.24) is 15.6 Å². The number of ether oxygens (including phenoxy) is 1. The summed E-state index contributed by atoms with van der Waals surface area (Å²) in [6, 6.07) is 16.4. The number of alkyl carbamates (subject to hydrolysis) is 1. The summed E-state index contributed by atoms with van der Waals surface area (Å²) in [4.78, 5) is 16.2. The zero-order valence-corrected chi connectivity index (χ0v) is 13.8. The van der Waals surface area contributed by atoms with Crippen LogP contribution in [0.2, 0.25) is 0 Å². The molecule has 0 spiro atoms. The number of carbonyl (C=O) groups excluding carboxylic acids is 1. The predicted octanol–water partition coefficient (Wildman–Crippen LogP) is 3.19. The van der Waals surface area contributed by atoms with Crippen LogP contribution in [0, 0.1) is 0 Å². The molecule has 0 saturated heterocycles. The number of hydrogen-bond donors (Lipinski definition) is 2. The quantitative estimate of drug-likeness (QED) is 0.856.